The fourth-order valence-corrected chi connectivity index (χ4v) is 4.71. The van der Waals surface area contributed by atoms with Crippen molar-refractivity contribution in [2.45, 2.75) is 4.90 Å². The number of carbonyl (C=O) groups is 1. The van der Waals surface area contributed by atoms with Gasteiger partial charge in [0.15, 0.2) is 0 Å². The van der Waals surface area contributed by atoms with Crippen molar-refractivity contribution in [3.05, 3.63) is 84.4 Å². The minimum absolute atomic E-state index is 0.100. The zero-order valence-electron chi connectivity index (χ0n) is 16.8. The van der Waals surface area contributed by atoms with E-state index in [0.717, 1.165) is 11.3 Å². The van der Waals surface area contributed by atoms with Gasteiger partial charge in [-0.1, -0.05) is 41.7 Å². The molecule has 0 fully saturated rings. The van der Waals surface area contributed by atoms with Crippen molar-refractivity contribution in [2.24, 2.45) is 0 Å². The van der Waals surface area contributed by atoms with Gasteiger partial charge in [-0.25, -0.2) is 8.42 Å². The maximum Gasteiger partial charge on any atom is 0.261 e. The van der Waals surface area contributed by atoms with Crippen molar-refractivity contribution in [3.8, 4) is 16.3 Å². The van der Waals surface area contributed by atoms with Gasteiger partial charge < -0.3 is 4.74 Å². The number of sulfonamides is 1. The maximum absolute atomic E-state index is 12.9. The van der Waals surface area contributed by atoms with Gasteiger partial charge in [0.2, 0.25) is 5.13 Å². The topological polar surface area (TPSA) is 110 Å². The van der Waals surface area contributed by atoms with Crippen LogP contribution >= 0.6 is 11.3 Å². The van der Waals surface area contributed by atoms with Crippen molar-refractivity contribution in [1.82, 2.24) is 10.2 Å². The summed E-state index contributed by atoms with van der Waals surface area (Å²) in [6, 6.07) is 21.6. The number of nitrogens with one attached hydrogen (secondary N) is 2. The molecule has 8 nitrogen and oxygen atoms in total. The van der Waals surface area contributed by atoms with E-state index >= 15 is 0 Å². The molecule has 0 aliphatic rings. The molecule has 0 radical (unpaired) electrons. The number of rotatable bonds is 7. The van der Waals surface area contributed by atoms with Gasteiger partial charge in [-0.3, -0.25) is 14.8 Å². The number of hydrogen-bond donors (Lipinski definition) is 2. The molecule has 0 unspecified atom stereocenters. The van der Waals surface area contributed by atoms with E-state index in [1.165, 1.54) is 35.6 Å². The lowest BCUT2D eigenvalue weighted by Crippen LogP contribution is -2.18. The zero-order valence-corrected chi connectivity index (χ0v) is 18.5. The van der Waals surface area contributed by atoms with E-state index in [4.69, 9.17) is 4.74 Å². The fraction of sp³-hybridized carbons (Fsp3) is 0.0455. The van der Waals surface area contributed by atoms with Crippen LogP contribution in [0.25, 0.3) is 10.6 Å². The van der Waals surface area contributed by atoms with Crippen LogP contribution in [0.3, 0.4) is 0 Å². The molecule has 4 aromatic rings. The van der Waals surface area contributed by atoms with Crippen LogP contribution in [0.1, 0.15) is 10.4 Å². The molecule has 2 N–H and O–H groups in total. The Labute approximate surface area is 189 Å². The lowest BCUT2D eigenvalue weighted by atomic mass is 10.2. The molecule has 32 heavy (non-hydrogen) atoms. The second-order valence-electron chi connectivity index (χ2n) is 6.56. The molecule has 0 aliphatic carbocycles. The molecule has 0 saturated heterocycles. The molecule has 162 valence electrons. The maximum atomic E-state index is 12.9. The number of ether oxygens (including phenoxy) is 1. The first-order chi connectivity index (χ1) is 15.5. The van der Waals surface area contributed by atoms with E-state index in [1.807, 2.05) is 24.3 Å². The van der Waals surface area contributed by atoms with Crippen LogP contribution in [0.5, 0.6) is 5.75 Å². The van der Waals surface area contributed by atoms with Gasteiger partial charge in [-0.15, -0.1) is 10.2 Å². The Hall–Kier alpha value is -3.76. The highest BCUT2D eigenvalue weighted by Crippen LogP contribution is 2.28. The number of methoxy groups -OCH3 is 1. The van der Waals surface area contributed by atoms with Gasteiger partial charge in [0.1, 0.15) is 10.8 Å². The van der Waals surface area contributed by atoms with Crippen molar-refractivity contribution in [1.29, 1.82) is 0 Å². The second-order valence-corrected chi connectivity index (χ2v) is 9.22. The second kappa shape index (κ2) is 9.16. The van der Waals surface area contributed by atoms with Crippen LogP contribution < -0.4 is 14.8 Å². The van der Waals surface area contributed by atoms with Gasteiger partial charge in [0.25, 0.3) is 15.9 Å². The van der Waals surface area contributed by atoms with E-state index in [9.17, 15) is 13.2 Å². The average Bonchev–Trinajstić information content (AvgIpc) is 3.28. The highest BCUT2D eigenvalue weighted by molar-refractivity contribution is 7.92. The molecule has 10 heteroatoms. The third kappa shape index (κ3) is 4.76. The predicted octanol–water partition coefficient (Wildman–Crippen LogP) is 4.27. The Balaban J connectivity index is 1.53. The van der Waals surface area contributed by atoms with E-state index in [0.29, 0.717) is 10.1 Å². The summed E-state index contributed by atoms with van der Waals surface area (Å²) in [4.78, 5) is 13.0. The molecule has 4 rings (SSSR count). The summed E-state index contributed by atoms with van der Waals surface area (Å²) in [7, 11) is -2.26. The normalized spacial score (nSPS) is 11.0. The van der Waals surface area contributed by atoms with Crippen molar-refractivity contribution in [3.63, 3.8) is 0 Å². The third-order valence-corrected chi connectivity index (χ3v) is 6.72. The SMILES string of the molecule is COc1ccc(-c2nnc(NC(=O)c3ccccc3NS(=O)(=O)c3ccccc3)s2)cc1. The van der Waals surface area contributed by atoms with Crippen LogP contribution in [0.4, 0.5) is 10.8 Å². The summed E-state index contributed by atoms with van der Waals surface area (Å²) < 4.78 is 33.0. The summed E-state index contributed by atoms with van der Waals surface area (Å²) in [5.41, 5.74) is 1.15. The summed E-state index contributed by atoms with van der Waals surface area (Å²) in [6.07, 6.45) is 0. The van der Waals surface area contributed by atoms with Crippen LogP contribution in [-0.4, -0.2) is 31.6 Å². The zero-order chi connectivity index (χ0) is 22.6. The number of nitrogens with zero attached hydrogens (tertiary/aromatic N) is 2. The quantitative estimate of drug-likeness (QED) is 0.421. The molecule has 0 saturated carbocycles. The average molecular weight is 467 g/mol. The van der Waals surface area contributed by atoms with Crippen LogP contribution in [0.15, 0.2) is 83.8 Å². The van der Waals surface area contributed by atoms with E-state index in [-0.39, 0.29) is 16.1 Å². The molecule has 0 aliphatic heterocycles. The van der Waals surface area contributed by atoms with E-state index < -0.39 is 15.9 Å². The van der Waals surface area contributed by atoms with Crippen molar-refractivity contribution in [2.75, 3.05) is 17.1 Å². The highest BCUT2D eigenvalue weighted by atomic mass is 32.2. The van der Waals surface area contributed by atoms with Gasteiger partial charge in [-0.2, -0.15) is 0 Å². The summed E-state index contributed by atoms with van der Waals surface area (Å²) >= 11 is 1.20. The first-order valence-electron chi connectivity index (χ1n) is 9.42. The molecule has 1 amide bonds. The Morgan fingerprint density at radius 3 is 2.31 bits per heavy atom. The molecule has 1 aromatic heterocycles. The van der Waals surface area contributed by atoms with Crippen LogP contribution in [-0.2, 0) is 10.0 Å². The summed E-state index contributed by atoms with van der Waals surface area (Å²) in [6.45, 7) is 0. The Morgan fingerprint density at radius 2 is 1.59 bits per heavy atom. The molecule has 3 aromatic carbocycles. The van der Waals surface area contributed by atoms with Crippen molar-refractivity contribution >= 4 is 38.1 Å². The number of hydrogen-bond acceptors (Lipinski definition) is 7. The molecule has 1 heterocycles. The van der Waals surface area contributed by atoms with E-state index in [2.05, 4.69) is 20.2 Å². The Kier molecular flexibility index (Phi) is 6.15. The number of para-hydroxylation sites is 1. The third-order valence-electron chi connectivity index (χ3n) is 4.45. The number of anilines is 2. The molecular formula is C22H18N4O4S2. The summed E-state index contributed by atoms with van der Waals surface area (Å²) in [5.74, 6) is 0.218. The standard InChI is InChI=1S/C22H18N4O4S2/c1-30-16-13-11-15(12-14-16)21-24-25-22(31-21)23-20(27)18-9-5-6-10-19(18)26-32(28,29)17-7-3-2-4-8-17/h2-14,26H,1H3,(H,23,25,27). The Bertz CT molecular complexity index is 1340. The van der Waals surface area contributed by atoms with Crippen LogP contribution in [0.2, 0.25) is 0 Å². The smallest absolute Gasteiger partial charge is 0.261 e. The van der Waals surface area contributed by atoms with Gasteiger partial charge in [0.05, 0.1) is 23.3 Å². The van der Waals surface area contributed by atoms with Crippen LogP contribution in [0, 0.1) is 0 Å². The highest BCUT2D eigenvalue weighted by Gasteiger charge is 2.19. The molecule has 0 bridgehead atoms. The van der Waals surface area contributed by atoms with Gasteiger partial charge in [0, 0.05) is 5.56 Å². The number of benzene rings is 3. The monoisotopic (exact) mass is 466 g/mol. The first-order valence-corrected chi connectivity index (χ1v) is 11.7. The molecule has 0 atom stereocenters. The van der Waals surface area contributed by atoms with Gasteiger partial charge in [-0.05, 0) is 48.5 Å². The molecule has 0 spiro atoms. The fourth-order valence-electron chi connectivity index (χ4n) is 2.86. The number of amides is 1. The number of aromatic nitrogens is 2. The molecular weight excluding hydrogens is 448 g/mol. The summed E-state index contributed by atoms with van der Waals surface area (Å²) in [5, 5.41) is 11.7. The lowest BCUT2D eigenvalue weighted by Gasteiger charge is -2.12. The minimum Gasteiger partial charge on any atom is -0.497 e. The Morgan fingerprint density at radius 1 is 0.906 bits per heavy atom. The van der Waals surface area contributed by atoms with E-state index in [1.54, 1.807) is 37.4 Å². The van der Waals surface area contributed by atoms with Gasteiger partial charge >= 0.3 is 0 Å². The largest absolute Gasteiger partial charge is 0.497 e. The lowest BCUT2D eigenvalue weighted by molar-refractivity contribution is 0.102. The number of carbonyl (C=O) groups excluding carboxylic acids is 1. The predicted molar refractivity (Wildman–Crippen MR) is 124 cm³/mol. The minimum atomic E-state index is -3.85. The van der Waals surface area contributed by atoms with Crippen molar-refractivity contribution < 1.29 is 17.9 Å². The first kappa shape index (κ1) is 21.5.